The van der Waals surface area contributed by atoms with Crippen LogP contribution >= 0.6 is 0 Å². The smallest absolute Gasteiger partial charge is 0.138 e. The highest BCUT2D eigenvalue weighted by Gasteiger charge is 2.43. The molecule has 2 aromatic carbocycles. The Morgan fingerprint density at radius 1 is 1.00 bits per heavy atom. The first-order chi connectivity index (χ1) is 11.9. The van der Waals surface area contributed by atoms with Gasteiger partial charge in [-0.3, -0.25) is 0 Å². The molecular formula is C20H20O5. The molecule has 2 aromatic rings. The molecule has 5 heteroatoms. The van der Waals surface area contributed by atoms with Gasteiger partial charge in [0, 0.05) is 29.7 Å². The Kier molecular flexibility index (Phi) is 2.87. The minimum absolute atomic E-state index is 0.118. The van der Waals surface area contributed by atoms with E-state index in [1.54, 1.807) is 26.0 Å². The zero-order valence-corrected chi connectivity index (χ0v) is 14.2. The Morgan fingerprint density at radius 3 is 2.64 bits per heavy atom. The maximum atomic E-state index is 10.2. The van der Waals surface area contributed by atoms with Gasteiger partial charge >= 0.3 is 0 Å². The third-order valence-electron chi connectivity index (χ3n) is 5.40. The molecule has 3 aliphatic rings. The Balaban J connectivity index is 1.53. The van der Waals surface area contributed by atoms with Crippen LogP contribution in [0.25, 0.3) is 0 Å². The minimum atomic E-state index is -0.902. The van der Waals surface area contributed by atoms with E-state index in [1.807, 2.05) is 12.1 Å². The lowest BCUT2D eigenvalue weighted by molar-refractivity contribution is -0.0230. The van der Waals surface area contributed by atoms with Crippen molar-refractivity contribution in [1.29, 1.82) is 0 Å². The Morgan fingerprint density at radius 2 is 1.84 bits per heavy atom. The molecule has 25 heavy (non-hydrogen) atoms. The van der Waals surface area contributed by atoms with Crippen LogP contribution in [-0.4, -0.2) is 28.5 Å². The molecule has 5 rings (SSSR count). The number of ether oxygens (including phenoxy) is 3. The van der Waals surface area contributed by atoms with Crippen molar-refractivity contribution in [2.45, 2.75) is 44.0 Å². The van der Waals surface area contributed by atoms with Gasteiger partial charge in [0.15, 0.2) is 0 Å². The fourth-order valence-corrected chi connectivity index (χ4v) is 3.98. The van der Waals surface area contributed by atoms with Crippen molar-refractivity contribution in [3.8, 4) is 23.0 Å². The number of fused-ring (bicyclic) bond motifs is 6. The molecule has 0 aromatic heterocycles. The van der Waals surface area contributed by atoms with Crippen LogP contribution in [0.15, 0.2) is 30.3 Å². The standard InChI is InChI=1S/C20H20O5/c1-20(2,22)18-6-10-5-13-16(8-15(10)24-18)23-9-14-12-4-3-11(21)7-17(12)25-19(13)14/h3-5,7-8,14,18-19,21-22H,6,9H2,1-2H3/t14-,18+,19-/m0/s1. The van der Waals surface area contributed by atoms with Gasteiger partial charge in [-0.15, -0.1) is 0 Å². The van der Waals surface area contributed by atoms with Crippen molar-refractivity contribution in [3.63, 3.8) is 0 Å². The summed E-state index contributed by atoms with van der Waals surface area (Å²) in [6.07, 6.45) is 0.282. The Bertz CT molecular complexity index is 867. The lowest BCUT2D eigenvalue weighted by atomic mass is 9.88. The fraction of sp³-hybridized carbons (Fsp3) is 0.400. The zero-order chi connectivity index (χ0) is 17.3. The molecule has 3 aliphatic heterocycles. The number of hydrogen-bond acceptors (Lipinski definition) is 5. The highest BCUT2D eigenvalue weighted by molar-refractivity contribution is 5.55. The number of hydrogen-bond donors (Lipinski definition) is 2. The fourth-order valence-electron chi connectivity index (χ4n) is 3.98. The van der Waals surface area contributed by atoms with Crippen molar-refractivity contribution in [3.05, 3.63) is 47.0 Å². The third-order valence-corrected chi connectivity index (χ3v) is 5.40. The second kappa shape index (κ2) is 4.82. The zero-order valence-electron chi connectivity index (χ0n) is 14.2. The number of benzene rings is 2. The molecule has 2 N–H and O–H groups in total. The second-order valence-electron chi connectivity index (χ2n) is 7.64. The number of aromatic hydroxyl groups is 1. The van der Waals surface area contributed by atoms with Crippen LogP contribution in [0.3, 0.4) is 0 Å². The molecule has 0 saturated carbocycles. The van der Waals surface area contributed by atoms with Gasteiger partial charge < -0.3 is 24.4 Å². The van der Waals surface area contributed by atoms with Gasteiger partial charge in [-0.1, -0.05) is 6.07 Å². The Labute approximate surface area is 145 Å². The molecule has 0 aliphatic carbocycles. The molecule has 130 valence electrons. The maximum absolute atomic E-state index is 10.2. The quantitative estimate of drug-likeness (QED) is 0.835. The van der Waals surface area contributed by atoms with Crippen LogP contribution in [0.1, 0.15) is 42.6 Å². The highest BCUT2D eigenvalue weighted by Crippen LogP contribution is 2.53. The van der Waals surface area contributed by atoms with Gasteiger partial charge in [0.25, 0.3) is 0 Å². The van der Waals surface area contributed by atoms with Gasteiger partial charge in [0.05, 0.1) is 18.1 Å². The van der Waals surface area contributed by atoms with Crippen LogP contribution in [0, 0.1) is 0 Å². The lowest BCUT2D eigenvalue weighted by Gasteiger charge is -2.28. The van der Waals surface area contributed by atoms with E-state index < -0.39 is 5.60 Å². The molecule has 0 spiro atoms. The van der Waals surface area contributed by atoms with E-state index in [0.29, 0.717) is 13.0 Å². The first-order valence-electron chi connectivity index (χ1n) is 8.58. The van der Waals surface area contributed by atoms with Gasteiger partial charge in [-0.25, -0.2) is 0 Å². The van der Waals surface area contributed by atoms with Crippen LogP contribution < -0.4 is 14.2 Å². The number of phenolic OH excluding ortho intramolecular Hbond substituents is 1. The van der Waals surface area contributed by atoms with Gasteiger partial charge in [0.1, 0.15) is 35.2 Å². The summed E-state index contributed by atoms with van der Waals surface area (Å²) >= 11 is 0. The SMILES string of the molecule is CC(C)(O)[C@H]1Cc2cc3c(cc2O1)OC[C@H]1c2ccc(O)cc2O[C@@H]31. The van der Waals surface area contributed by atoms with Crippen LogP contribution in [0.2, 0.25) is 0 Å². The van der Waals surface area contributed by atoms with Crippen molar-refractivity contribution >= 4 is 0 Å². The summed E-state index contributed by atoms with van der Waals surface area (Å²) in [5, 5.41) is 20.0. The van der Waals surface area contributed by atoms with Gasteiger partial charge in [0.2, 0.25) is 0 Å². The topological polar surface area (TPSA) is 68.2 Å². The van der Waals surface area contributed by atoms with Crippen molar-refractivity contribution in [2.24, 2.45) is 0 Å². The van der Waals surface area contributed by atoms with E-state index in [9.17, 15) is 10.2 Å². The van der Waals surface area contributed by atoms with Crippen molar-refractivity contribution < 1.29 is 24.4 Å². The molecule has 0 saturated heterocycles. The Hall–Kier alpha value is -2.40. The number of phenols is 1. The molecule has 5 nitrogen and oxygen atoms in total. The molecule has 0 fully saturated rings. The van der Waals surface area contributed by atoms with E-state index in [4.69, 9.17) is 14.2 Å². The van der Waals surface area contributed by atoms with E-state index in [0.717, 1.165) is 33.9 Å². The summed E-state index contributed by atoms with van der Waals surface area (Å²) < 4.78 is 18.0. The molecule has 0 amide bonds. The molecule has 0 radical (unpaired) electrons. The van der Waals surface area contributed by atoms with Crippen molar-refractivity contribution in [2.75, 3.05) is 6.61 Å². The highest BCUT2D eigenvalue weighted by atomic mass is 16.5. The summed E-state index contributed by atoms with van der Waals surface area (Å²) in [6.45, 7) is 4.06. The molecule has 0 bridgehead atoms. The number of rotatable bonds is 1. The normalized spacial score (nSPS) is 25.8. The minimum Gasteiger partial charge on any atom is -0.508 e. The molecule has 0 unspecified atom stereocenters. The van der Waals surface area contributed by atoms with E-state index in [-0.39, 0.29) is 23.9 Å². The van der Waals surface area contributed by atoms with Crippen LogP contribution in [0.5, 0.6) is 23.0 Å². The summed E-state index contributed by atoms with van der Waals surface area (Å²) in [7, 11) is 0. The molecule has 3 atom stereocenters. The first-order valence-corrected chi connectivity index (χ1v) is 8.58. The molecule has 3 heterocycles. The maximum Gasteiger partial charge on any atom is 0.138 e. The van der Waals surface area contributed by atoms with Gasteiger partial charge in [-0.2, -0.15) is 0 Å². The average molecular weight is 340 g/mol. The number of aliphatic hydroxyl groups is 1. The average Bonchev–Trinajstić information content (AvgIpc) is 3.12. The second-order valence-corrected chi connectivity index (χ2v) is 7.64. The first kappa shape index (κ1) is 14.9. The predicted molar refractivity (Wildman–Crippen MR) is 90.6 cm³/mol. The van der Waals surface area contributed by atoms with E-state index >= 15 is 0 Å². The summed E-state index contributed by atoms with van der Waals surface area (Å²) in [5.41, 5.74) is 2.24. The largest absolute Gasteiger partial charge is 0.508 e. The third kappa shape index (κ3) is 2.19. The molecular weight excluding hydrogens is 320 g/mol. The summed E-state index contributed by atoms with van der Waals surface area (Å²) in [4.78, 5) is 0. The summed E-state index contributed by atoms with van der Waals surface area (Å²) in [5.74, 6) is 2.59. The summed E-state index contributed by atoms with van der Waals surface area (Å²) in [6, 6.07) is 9.25. The van der Waals surface area contributed by atoms with Crippen LogP contribution in [0.4, 0.5) is 0 Å². The monoisotopic (exact) mass is 340 g/mol. The predicted octanol–water partition coefficient (Wildman–Crippen LogP) is 3.08. The van der Waals surface area contributed by atoms with E-state index in [2.05, 4.69) is 6.07 Å². The lowest BCUT2D eigenvalue weighted by Crippen LogP contribution is -2.39. The van der Waals surface area contributed by atoms with E-state index in [1.165, 1.54) is 0 Å². The van der Waals surface area contributed by atoms with Gasteiger partial charge in [-0.05, 0) is 31.5 Å². The van der Waals surface area contributed by atoms with Crippen LogP contribution in [-0.2, 0) is 6.42 Å². The van der Waals surface area contributed by atoms with Crippen molar-refractivity contribution in [1.82, 2.24) is 0 Å².